The van der Waals surface area contributed by atoms with Gasteiger partial charge in [0.05, 0.1) is 0 Å². The van der Waals surface area contributed by atoms with Crippen molar-refractivity contribution in [3.63, 3.8) is 0 Å². The molecule has 1 unspecified atom stereocenters. The Labute approximate surface area is 131 Å². The van der Waals surface area contributed by atoms with Gasteiger partial charge in [-0.1, -0.05) is 48.5 Å². The lowest BCUT2D eigenvalue weighted by molar-refractivity contribution is 0.124. The third-order valence-electron chi connectivity index (χ3n) is 3.77. The minimum absolute atomic E-state index is 0.119. The number of hydrogen-bond acceptors (Lipinski definition) is 1. The van der Waals surface area contributed by atoms with Crippen molar-refractivity contribution >= 4 is 0 Å². The standard InChI is InChI=1S/C19H13F3O/c20-16-8-4-7-14(11-16)19(23,13-5-2-1-3-6-13)15-9-10-17(21)18(22)12-15/h1-12,23H. The first-order valence-corrected chi connectivity index (χ1v) is 7.01. The fourth-order valence-corrected chi connectivity index (χ4v) is 2.61. The van der Waals surface area contributed by atoms with Gasteiger partial charge in [0, 0.05) is 0 Å². The van der Waals surface area contributed by atoms with Crippen LogP contribution in [-0.4, -0.2) is 5.11 Å². The molecule has 0 saturated heterocycles. The summed E-state index contributed by atoms with van der Waals surface area (Å²) in [5, 5.41) is 11.3. The van der Waals surface area contributed by atoms with E-state index in [4.69, 9.17) is 0 Å². The van der Waals surface area contributed by atoms with Crippen LogP contribution in [0.4, 0.5) is 13.2 Å². The minimum atomic E-state index is -1.79. The van der Waals surface area contributed by atoms with Crippen LogP contribution in [0.25, 0.3) is 0 Å². The first kappa shape index (κ1) is 15.3. The second kappa shape index (κ2) is 5.89. The van der Waals surface area contributed by atoms with Crippen molar-refractivity contribution in [3.8, 4) is 0 Å². The van der Waals surface area contributed by atoms with Gasteiger partial charge in [0.2, 0.25) is 0 Å². The zero-order valence-corrected chi connectivity index (χ0v) is 12.0. The summed E-state index contributed by atoms with van der Waals surface area (Å²) in [4.78, 5) is 0. The summed E-state index contributed by atoms with van der Waals surface area (Å²) in [6.45, 7) is 0. The smallest absolute Gasteiger partial charge is 0.159 e. The molecule has 0 amide bonds. The Morgan fingerprint density at radius 2 is 1.26 bits per heavy atom. The molecule has 0 saturated carbocycles. The molecule has 0 aliphatic carbocycles. The molecule has 0 fully saturated rings. The quantitative estimate of drug-likeness (QED) is 0.711. The molecule has 0 radical (unpaired) electrons. The van der Waals surface area contributed by atoms with E-state index in [9.17, 15) is 18.3 Å². The Morgan fingerprint density at radius 1 is 0.609 bits per heavy atom. The predicted octanol–water partition coefficient (Wildman–Crippen LogP) is 4.39. The molecule has 1 N–H and O–H groups in total. The molecule has 1 atom stereocenters. The number of aliphatic hydroxyl groups is 1. The highest BCUT2D eigenvalue weighted by Gasteiger charge is 2.34. The van der Waals surface area contributed by atoms with Crippen molar-refractivity contribution in [3.05, 3.63) is 107 Å². The zero-order valence-electron chi connectivity index (χ0n) is 12.0. The topological polar surface area (TPSA) is 20.2 Å². The summed E-state index contributed by atoms with van der Waals surface area (Å²) in [6.07, 6.45) is 0. The number of benzene rings is 3. The third-order valence-corrected chi connectivity index (χ3v) is 3.77. The maximum absolute atomic E-state index is 13.7. The van der Waals surface area contributed by atoms with Crippen LogP contribution in [0, 0.1) is 17.5 Å². The molecule has 23 heavy (non-hydrogen) atoms. The molecule has 1 nitrogen and oxygen atoms in total. The van der Waals surface area contributed by atoms with Crippen molar-refractivity contribution in [1.82, 2.24) is 0 Å². The predicted molar refractivity (Wildman–Crippen MR) is 81.3 cm³/mol. The van der Waals surface area contributed by atoms with E-state index in [0.717, 1.165) is 12.1 Å². The molecule has 116 valence electrons. The van der Waals surface area contributed by atoms with Crippen LogP contribution < -0.4 is 0 Å². The molecule has 3 aromatic carbocycles. The highest BCUT2D eigenvalue weighted by atomic mass is 19.2. The lowest BCUT2D eigenvalue weighted by Gasteiger charge is -2.30. The van der Waals surface area contributed by atoms with Crippen molar-refractivity contribution in [2.75, 3.05) is 0 Å². The maximum Gasteiger partial charge on any atom is 0.159 e. The number of rotatable bonds is 3. The summed E-state index contributed by atoms with van der Waals surface area (Å²) >= 11 is 0. The Hall–Kier alpha value is -2.59. The summed E-state index contributed by atoms with van der Waals surface area (Å²) in [7, 11) is 0. The van der Waals surface area contributed by atoms with Crippen LogP contribution in [0.3, 0.4) is 0 Å². The second-order valence-corrected chi connectivity index (χ2v) is 5.22. The van der Waals surface area contributed by atoms with Gasteiger partial charge in [0.25, 0.3) is 0 Å². The van der Waals surface area contributed by atoms with E-state index < -0.39 is 23.1 Å². The second-order valence-electron chi connectivity index (χ2n) is 5.22. The van der Waals surface area contributed by atoms with E-state index in [-0.39, 0.29) is 11.1 Å². The molecule has 3 rings (SSSR count). The van der Waals surface area contributed by atoms with Gasteiger partial charge < -0.3 is 5.11 Å². The van der Waals surface area contributed by atoms with Crippen LogP contribution in [0.1, 0.15) is 16.7 Å². The maximum atomic E-state index is 13.7. The Bertz CT molecular complexity index is 833. The van der Waals surface area contributed by atoms with Gasteiger partial charge in [0.1, 0.15) is 11.4 Å². The van der Waals surface area contributed by atoms with Crippen LogP contribution in [-0.2, 0) is 5.60 Å². The van der Waals surface area contributed by atoms with Gasteiger partial charge in [-0.05, 0) is 41.0 Å². The summed E-state index contributed by atoms with van der Waals surface area (Å²) in [6, 6.07) is 17.0. The van der Waals surface area contributed by atoms with Crippen molar-refractivity contribution in [1.29, 1.82) is 0 Å². The first-order valence-electron chi connectivity index (χ1n) is 7.01. The van der Waals surface area contributed by atoms with Crippen LogP contribution in [0.15, 0.2) is 72.8 Å². The monoisotopic (exact) mass is 314 g/mol. The zero-order chi connectivity index (χ0) is 16.4. The molecule has 0 bridgehead atoms. The summed E-state index contributed by atoms with van der Waals surface area (Å²) < 4.78 is 40.5. The fraction of sp³-hybridized carbons (Fsp3) is 0.0526. The fourth-order valence-electron chi connectivity index (χ4n) is 2.61. The van der Waals surface area contributed by atoms with Crippen LogP contribution in [0.2, 0.25) is 0 Å². The van der Waals surface area contributed by atoms with E-state index in [2.05, 4.69) is 0 Å². The molecule has 3 aromatic rings. The molecular weight excluding hydrogens is 301 g/mol. The van der Waals surface area contributed by atoms with Gasteiger partial charge >= 0.3 is 0 Å². The van der Waals surface area contributed by atoms with Gasteiger partial charge in [-0.25, -0.2) is 13.2 Å². The highest BCUT2D eigenvalue weighted by Crippen LogP contribution is 2.37. The molecule has 0 aromatic heterocycles. The minimum Gasteiger partial charge on any atom is -0.376 e. The molecule has 0 aliphatic heterocycles. The van der Waals surface area contributed by atoms with E-state index >= 15 is 0 Å². The lowest BCUT2D eigenvalue weighted by atomic mass is 9.80. The van der Waals surface area contributed by atoms with Crippen LogP contribution in [0.5, 0.6) is 0 Å². The van der Waals surface area contributed by atoms with E-state index in [1.54, 1.807) is 30.3 Å². The van der Waals surface area contributed by atoms with Crippen molar-refractivity contribution < 1.29 is 18.3 Å². The molecule has 0 heterocycles. The molecular formula is C19H13F3O. The average Bonchev–Trinajstić information content (AvgIpc) is 2.57. The summed E-state index contributed by atoms with van der Waals surface area (Å²) in [5.74, 6) is -2.61. The van der Waals surface area contributed by atoms with Gasteiger partial charge in [0.15, 0.2) is 11.6 Å². The van der Waals surface area contributed by atoms with E-state index in [1.807, 2.05) is 0 Å². The number of hydrogen-bond donors (Lipinski definition) is 1. The Kier molecular flexibility index (Phi) is 3.92. The Balaban J connectivity index is 2.28. The molecule has 0 aliphatic rings. The van der Waals surface area contributed by atoms with Gasteiger partial charge in [-0.15, -0.1) is 0 Å². The highest BCUT2D eigenvalue weighted by molar-refractivity contribution is 5.47. The van der Waals surface area contributed by atoms with Crippen molar-refractivity contribution in [2.45, 2.75) is 5.60 Å². The van der Waals surface area contributed by atoms with E-state index in [0.29, 0.717) is 5.56 Å². The van der Waals surface area contributed by atoms with Crippen LogP contribution >= 0.6 is 0 Å². The summed E-state index contributed by atoms with van der Waals surface area (Å²) in [5.41, 5.74) is -1.02. The van der Waals surface area contributed by atoms with Crippen molar-refractivity contribution in [2.24, 2.45) is 0 Å². The number of halogens is 3. The normalized spacial score (nSPS) is 13.6. The van der Waals surface area contributed by atoms with E-state index in [1.165, 1.54) is 30.3 Å². The van der Waals surface area contributed by atoms with Gasteiger partial charge in [-0.2, -0.15) is 0 Å². The first-order chi connectivity index (χ1) is 11.0. The lowest BCUT2D eigenvalue weighted by Crippen LogP contribution is -2.29. The third kappa shape index (κ3) is 2.73. The molecule has 0 spiro atoms. The average molecular weight is 314 g/mol. The van der Waals surface area contributed by atoms with Gasteiger partial charge in [-0.3, -0.25) is 0 Å². The largest absolute Gasteiger partial charge is 0.376 e. The Morgan fingerprint density at radius 3 is 1.91 bits per heavy atom. The molecule has 4 heteroatoms. The SMILES string of the molecule is OC(c1ccccc1)(c1cccc(F)c1)c1ccc(F)c(F)c1.